The summed E-state index contributed by atoms with van der Waals surface area (Å²) in [6, 6.07) is 0. The van der Waals surface area contributed by atoms with Crippen molar-refractivity contribution in [3.63, 3.8) is 0 Å². The Labute approximate surface area is 74.8 Å². The van der Waals surface area contributed by atoms with Gasteiger partial charge in [-0.2, -0.15) is 0 Å². The van der Waals surface area contributed by atoms with E-state index in [9.17, 15) is 17.7 Å². The summed E-state index contributed by atoms with van der Waals surface area (Å²) in [6.45, 7) is -2.31. The molecule has 0 heterocycles. The molecule has 13 heavy (non-hydrogen) atoms. The second-order valence-electron chi connectivity index (χ2n) is 2.36. The molecule has 0 rings (SSSR count). The molecule has 0 unspecified atom stereocenters. The molecule has 0 spiro atoms. The Morgan fingerprint density at radius 1 is 1.38 bits per heavy atom. The molecule has 0 radical (unpaired) electrons. The van der Waals surface area contributed by atoms with Crippen LogP contribution in [0.15, 0.2) is 11.5 Å². The molecular weight excluding hydrogens is 184 g/mol. The van der Waals surface area contributed by atoms with E-state index < -0.39 is 18.4 Å². The molecule has 0 aliphatic heterocycles. The first-order valence-corrected chi connectivity index (χ1v) is 4.00. The van der Waals surface area contributed by atoms with Gasteiger partial charge in [0.2, 0.25) is 0 Å². The predicted molar refractivity (Wildman–Crippen MR) is 44.1 cm³/mol. The Bertz CT molecular complexity index is 210. The number of esters is 1. The fourth-order valence-corrected chi connectivity index (χ4v) is 0.785. The first-order valence-electron chi connectivity index (χ1n) is 4.00. The van der Waals surface area contributed by atoms with Gasteiger partial charge in [-0.25, -0.2) is 0 Å². The van der Waals surface area contributed by atoms with Gasteiger partial charge >= 0.3 is 12.9 Å². The number of rotatable bonds is 4. The van der Waals surface area contributed by atoms with Crippen molar-refractivity contribution in [3.8, 4) is 0 Å². The molecule has 0 aliphatic carbocycles. The molecule has 0 atom stereocenters. The van der Waals surface area contributed by atoms with E-state index >= 15 is 0 Å². The fourth-order valence-electron chi connectivity index (χ4n) is 0.785. The van der Waals surface area contributed by atoms with E-state index in [4.69, 9.17) is 0 Å². The molecule has 0 aromatic heterocycles. The van der Waals surface area contributed by atoms with Crippen molar-refractivity contribution in [1.29, 1.82) is 0 Å². The van der Waals surface area contributed by atoms with Crippen LogP contribution in [0.5, 0.6) is 0 Å². The van der Waals surface area contributed by atoms with Crippen molar-refractivity contribution in [2.75, 3.05) is 6.61 Å². The Kier molecular flexibility index (Phi) is 4.58. The zero-order valence-corrected chi connectivity index (χ0v) is 7.52. The van der Waals surface area contributed by atoms with E-state index in [-0.39, 0.29) is 13.0 Å². The van der Waals surface area contributed by atoms with Crippen LogP contribution in [0.1, 0.15) is 20.3 Å². The average Bonchev–Trinajstić information content (AvgIpc) is 1.98. The predicted octanol–water partition coefficient (Wildman–Crippen LogP) is 2.27. The van der Waals surface area contributed by atoms with Crippen LogP contribution in [-0.2, 0) is 9.53 Å². The summed E-state index contributed by atoms with van der Waals surface area (Å²) < 4.78 is 40.8. The molecule has 0 aliphatic rings. The minimum Gasteiger partial charge on any atom is -0.465 e. The molecule has 0 bridgehead atoms. The topological polar surface area (TPSA) is 26.3 Å². The van der Waals surface area contributed by atoms with Crippen molar-refractivity contribution < 1.29 is 22.5 Å². The third kappa shape index (κ3) is 4.01. The van der Waals surface area contributed by atoms with Crippen LogP contribution < -0.4 is 0 Å². The van der Waals surface area contributed by atoms with Gasteiger partial charge in [0.1, 0.15) is 0 Å². The van der Waals surface area contributed by atoms with Gasteiger partial charge in [-0.3, -0.25) is 4.79 Å². The van der Waals surface area contributed by atoms with E-state index in [0.717, 1.165) is 6.08 Å². The van der Waals surface area contributed by atoms with Crippen LogP contribution in [0.25, 0.3) is 0 Å². The number of hydrogen-bond acceptors (Lipinski definition) is 2. The maximum atomic E-state index is 12.2. The third-order valence-electron chi connectivity index (χ3n) is 1.29. The van der Waals surface area contributed by atoms with Gasteiger partial charge in [-0.1, -0.05) is 6.92 Å². The first-order chi connectivity index (χ1) is 5.93. The number of ether oxygens (including phenoxy) is 1. The summed E-state index contributed by atoms with van der Waals surface area (Å²) in [5.41, 5.74) is -1.16. The van der Waals surface area contributed by atoms with Crippen molar-refractivity contribution in [2.45, 2.75) is 20.3 Å². The molecule has 0 N–H and O–H groups in total. The maximum absolute atomic E-state index is 12.2. The van der Waals surface area contributed by atoms with Crippen molar-refractivity contribution >= 4 is 12.9 Å². The molecular formula is C7H11BF3O2-. The monoisotopic (exact) mass is 195 g/mol. The van der Waals surface area contributed by atoms with Crippen molar-refractivity contribution in [3.05, 3.63) is 11.5 Å². The molecule has 2 nitrogen and oxygen atoms in total. The molecule has 0 amide bonds. The number of hydrogen-bond donors (Lipinski definition) is 0. The van der Waals surface area contributed by atoms with E-state index in [0.29, 0.717) is 0 Å². The highest BCUT2D eigenvalue weighted by Crippen LogP contribution is 2.21. The van der Waals surface area contributed by atoms with Gasteiger partial charge in [0.25, 0.3) is 0 Å². The zero-order chi connectivity index (χ0) is 10.5. The lowest BCUT2D eigenvalue weighted by Gasteiger charge is -2.17. The Morgan fingerprint density at radius 3 is 2.23 bits per heavy atom. The number of allylic oxidation sites excluding steroid dienone is 1. The Hall–Kier alpha value is -0.935. The Morgan fingerprint density at radius 2 is 1.92 bits per heavy atom. The van der Waals surface area contributed by atoms with Crippen LogP contribution in [0.4, 0.5) is 12.9 Å². The largest absolute Gasteiger partial charge is 0.516 e. The molecule has 0 aromatic rings. The SMILES string of the molecule is CC/C=C(\C(=O)OCC)[B-](F)(F)F. The van der Waals surface area contributed by atoms with Gasteiger partial charge in [0.05, 0.1) is 6.61 Å². The smallest absolute Gasteiger partial charge is 0.465 e. The van der Waals surface area contributed by atoms with Crippen molar-refractivity contribution in [2.24, 2.45) is 0 Å². The highest BCUT2D eigenvalue weighted by atomic mass is 19.4. The van der Waals surface area contributed by atoms with Crippen LogP contribution in [0.2, 0.25) is 0 Å². The third-order valence-corrected chi connectivity index (χ3v) is 1.29. The van der Waals surface area contributed by atoms with Gasteiger partial charge in [0.15, 0.2) is 0 Å². The number of carbonyl (C=O) groups excluding carboxylic acids is 1. The van der Waals surface area contributed by atoms with E-state index in [1.807, 2.05) is 0 Å². The maximum Gasteiger partial charge on any atom is 0.516 e. The highest BCUT2D eigenvalue weighted by Gasteiger charge is 2.33. The van der Waals surface area contributed by atoms with E-state index in [1.54, 1.807) is 0 Å². The van der Waals surface area contributed by atoms with Crippen LogP contribution in [0, 0.1) is 0 Å². The van der Waals surface area contributed by atoms with Gasteiger partial charge < -0.3 is 17.7 Å². The van der Waals surface area contributed by atoms with Gasteiger partial charge in [-0.15, -0.1) is 6.08 Å². The lowest BCUT2D eigenvalue weighted by atomic mass is 9.78. The van der Waals surface area contributed by atoms with Crippen LogP contribution in [0.3, 0.4) is 0 Å². The molecule has 0 saturated carbocycles. The van der Waals surface area contributed by atoms with Gasteiger partial charge in [0, 0.05) is 0 Å². The lowest BCUT2D eigenvalue weighted by Crippen LogP contribution is -2.27. The van der Waals surface area contributed by atoms with E-state index in [1.165, 1.54) is 13.8 Å². The Balaban J connectivity index is 4.63. The minimum atomic E-state index is -5.25. The summed E-state index contributed by atoms with van der Waals surface area (Å²) in [6.07, 6.45) is 1.01. The summed E-state index contributed by atoms with van der Waals surface area (Å²) in [7, 11) is 0. The quantitative estimate of drug-likeness (QED) is 0.390. The number of carbonyl (C=O) groups is 1. The zero-order valence-electron chi connectivity index (χ0n) is 7.52. The van der Waals surface area contributed by atoms with Crippen molar-refractivity contribution in [1.82, 2.24) is 0 Å². The van der Waals surface area contributed by atoms with E-state index in [2.05, 4.69) is 4.74 Å². The fraction of sp³-hybridized carbons (Fsp3) is 0.571. The first kappa shape index (κ1) is 12.1. The standard InChI is InChI=1S/C7H11BF3O2/c1-3-5-6(8(9,10)11)7(12)13-4-2/h5H,3-4H2,1-2H3/q-1/b6-5+. The molecule has 0 fully saturated rings. The molecule has 0 aromatic carbocycles. The van der Waals surface area contributed by atoms with Crippen LogP contribution in [-0.4, -0.2) is 19.6 Å². The normalized spacial score (nSPS) is 12.8. The molecule has 0 saturated heterocycles. The minimum absolute atomic E-state index is 0.0496. The molecule has 6 heteroatoms. The summed E-state index contributed by atoms with van der Waals surface area (Å²) in [4.78, 5) is 10.8. The molecule has 76 valence electrons. The number of halogens is 3. The average molecular weight is 195 g/mol. The second-order valence-corrected chi connectivity index (χ2v) is 2.36. The van der Waals surface area contributed by atoms with Crippen LogP contribution >= 0.6 is 0 Å². The lowest BCUT2D eigenvalue weighted by molar-refractivity contribution is -0.138. The highest BCUT2D eigenvalue weighted by molar-refractivity contribution is 6.72. The summed E-state index contributed by atoms with van der Waals surface area (Å²) in [5.74, 6) is -1.28. The summed E-state index contributed by atoms with van der Waals surface area (Å²) in [5, 5.41) is 0. The summed E-state index contributed by atoms with van der Waals surface area (Å²) >= 11 is 0. The second kappa shape index (κ2) is 4.94. The van der Waals surface area contributed by atoms with Gasteiger partial charge in [-0.05, 0) is 18.8 Å².